The first kappa shape index (κ1) is 12.0. The molecule has 0 aliphatic heterocycles. The fraction of sp³-hybridized carbons (Fsp3) is 0.182. The Morgan fingerprint density at radius 1 is 1.50 bits per heavy atom. The van der Waals surface area contributed by atoms with Crippen molar-refractivity contribution >= 4 is 5.69 Å². The molecule has 0 aliphatic carbocycles. The third-order valence-corrected chi connectivity index (χ3v) is 2.29. The van der Waals surface area contributed by atoms with E-state index in [0.29, 0.717) is 13.2 Å². The summed E-state index contributed by atoms with van der Waals surface area (Å²) in [5.74, 6) is -0.640. The molecule has 7 heteroatoms. The molecule has 0 saturated heterocycles. The van der Waals surface area contributed by atoms with E-state index in [2.05, 4.69) is 4.98 Å². The van der Waals surface area contributed by atoms with Gasteiger partial charge >= 0.3 is 5.69 Å². The first-order chi connectivity index (χ1) is 8.66. The summed E-state index contributed by atoms with van der Waals surface area (Å²) >= 11 is 0. The number of nitro groups is 1. The van der Waals surface area contributed by atoms with Gasteiger partial charge < -0.3 is 9.30 Å². The van der Waals surface area contributed by atoms with Crippen LogP contribution in [0, 0.1) is 15.9 Å². The van der Waals surface area contributed by atoms with Crippen LogP contribution in [0.5, 0.6) is 5.75 Å². The van der Waals surface area contributed by atoms with Crippen LogP contribution in [-0.4, -0.2) is 21.1 Å². The molecule has 94 valence electrons. The minimum atomic E-state index is -0.903. The molecule has 1 aromatic heterocycles. The van der Waals surface area contributed by atoms with Crippen molar-refractivity contribution in [1.29, 1.82) is 0 Å². The van der Waals surface area contributed by atoms with E-state index in [0.717, 1.165) is 12.1 Å². The number of aromatic nitrogens is 2. The van der Waals surface area contributed by atoms with E-state index in [1.165, 1.54) is 6.07 Å². The first-order valence-corrected chi connectivity index (χ1v) is 5.19. The maximum absolute atomic E-state index is 13.3. The number of hydrogen-bond donors (Lipinski definition) is 0. The Morgan fingerprint density at radius 3 is 2.94 bits per heavy atom. The molecular formula is C11H10FN3O3. The lowest BCUT2D eigenvalue weighted by atomic mass is 10.3. The van der Waals surface area contributed by atoms with E-state index in [1.807, 2.05) is 4.57 Å². The average molecular weight is 251 g/mol. The zero-order valence-electron chi connectivity index (χ0n) is 9.32. The number of rotatable bonds is 5. The molecule has 0 N–H and O–H groups in total. The van der Waals surface area contributed by atoms with Crippen LogP contribution in [0.4, 0.5) is 10.1 Å². The Labute approximate surface area is 102 Å². The van der Waals surface area contributed by atoms with Gasteiger partial charge in [-0.1, -0.05) is 0 Å². The lowest BCUT2D eigenvalue weighted by Gasteiger charge is -2.06. The predicted molar refractivity (Wildman–Crippen MR) is 60.8 cm³/mol. The van der Waals surface area contributed by atoms with Gasteiger partial charge in [0.05, 0.1) is 17.8 Å². The molecule has 6 nitrogen and oxygen atoms in total. The minimum Gasteiger partial charge on any atom is -0.492 e. The Morgan fingerprint density at radius 2 is 2.33 bits per heavy atom. The van der Waals surface area contributed by atoms with Crippen molar-refractivity contribution in [1.82, 2.24) is 9.55 Å². The molecule has 0 amide bonds. The van der Waals surface area contributed by atoms with Crippen LogP contribution in [0.25, 0.3) is 0 Å². The van der Waals surface area contributed by atoms with Crippen molar-refractivity contribution < 1.29 is 14.1 Å². The van der Waals surface area contributed by atoms with Crippen molar-refractivity contribution in [2.45, 2.75) is 6.54 Å². The highest BCUT2D eigenvalue weighted by atomic mass is 19.1. The Balaban J connectivity index is 1.94. The number of benzene rings is 1. The Kier molecular flexibility index (Phi) is 3.52. The number of imidazole rings is 1. The summed E-state index contributed by atoms with van der Waals surface area (Å²) in [4.78, 5) is 13.5. The van der Waals surface area contributed by atoms with Gasteiger partial charge in [-0.25, -0.2) is 4.98 Å². The van der Waals surface area contributed by atoms with Crippen LogP contribution in [-0.2, 0) is 6.54 Å². The van der Waals surface area contributed by atoms with Crippen molar-refractivity contribution in [3.05, 3.63) is 52.9 Å². The molecule has 0 fully saturated rings. The highest BCUT2D eigenvalue weighted by molar-refractivity contribution is 5.37. The van der Waals surface area contributed by atoms with Gasteiger partial charge in [0.25, 0.3) is 0 Å². The monoisotopic (exact) mass is 251 g/mol. The van der Waals surface area contributed by atoms with E-state index in [1.54, 1.807) is 18.7 Å². The smallest absolute Gasteiger partial charge is 0.305 e. The van der Waals surface area contributed by atoms with E-state index < -0.39 is 16.4 Å². The van der Waals surface area contributed by atoms with Crippen LogP contribution in [0.1, 0.15) is 0 Å². The van der Waals surface area contributed by atoms with E-state index >= 15 is 0 Å². The number of hydrogen-bond acceptors (Lipinski definition) is 4. The average Bonchev–Trinajstić information content (AvgIpc) is 2.81. The predicted octanol–water partition coefficient (Wildman–Crippen LogP) is 2.01. The van der Waals surface area contributed by atoms with Gasteiger partial charge in [-0.2, -0.15) is 4.39 Å². The van der Waals surface area contributed by atoms with Crippen LogP contribution in [0.15, 0.2) is 36.9 Å². The highest BCUT2D eigenvalue weighted by Gasteiger charge is 2.13. The number of ether oxygens (including phenoxy) is 1. The second-order valence-electron chi connectivity index (χ2n) is 3.52. The van der Waals surface area contributed by atoms with Gasteiger partial charge in [0.15, 0.2) is 0 Å². The van der Waals surface area contributed by atoms with Crippen molar-refractivity contribution in [3.8, 4) is 5.75 Å². The zero-order chi connectivity index (χ0) is 13.0. The Hall–Kier alpha value is -2.44. The fourth-order valence-corrected chi connectivity index (χ4v) is 1.41. The first-order valence-electron chi connectivity index (χ1n) is 5.19. The van der Waals surface area contributed by atoms with Gasteiger partial charge in [-0.15, -0.1) is 0 Å². The van der Waals surface area contributed by atoms with Gasteiger partial charge in [0, 0.05) is 24.5 Å². The van der Waals surface area contributed by atoms with Crippen LogP contribution in [0.2, 0.25) is 0 Å². The largest absolute Gasteiger partial charge is 0.492 e. The number of nitro benzene ring substituents is 1. The summed E-state index contributed by atoms with van der Waals surface area (Å²) in [6.45, 7) is 0.895. The van der Waals surface area contributed by atoms with Gasteiger partial charge in [-0.05, 0) is 6.07 Å². The Bertz CT molecular complexity index is 542. The molecule has 0 aliphatic rings. The van der Waals surface area contributed by atoms with E-state index in [9.17, 15) is 14.5 Å². The maximum Gasteiger partial charge on any atom is 0.305 e. The van der Waals surface area contributed by atoms with Crippen LogP contribution >= 0.6 is 0 Å². The normalized spacial score (nSPS) is 10.3. The lowest BCUT2D eigenvalue weighted by Crippen LogP contribution is -2.06. The van der Waals surface area contributed by atoms with E-state index in [-0.39, 0.29) is 5.75 Å². The molecule has 0 spiro atoms. The SMILES string of the molecule is O=[N+]([O-])c1ccc(OCCn2ccnc2)cc1F. The summed E-state index contributed by atoms with van der Waals surface area (Å²) in [6, 6.07) is 3.46. The standard InChI is InChI=1S/C11H10FN3O3/c12-10-7-9(1-2-11(10)15(16)17)18-6-5-14-4-3-13-8-14/h1-4,7-8H,5-6H2. The maximum atomic E-state index is 13.3. The third-order valence-electron chi connectivity index (χ3n) is 2.29. The second-order valence-corrected chi connectivity index (χ2v) is 3.52. The van der Waals surface area contributed by atoms with Crippen molar-refractivity contribution in [2.75, 3.05) is 6.61 Å². The molecule has 1 aromatic carbocycles. The topological polar surface area (TPSA) is 70.2 Å². The summed E-state index contributed by atoms with van der Waals surface area (Å²) in [5.41, 5.74) is -0.558. The quantitative estimate of drug-likeness (QED) is 0.602. The summed E-state index contributed by atoms with van der Waals surface area (Å²) in [7, 11) is 0. The second kappa shape index (κ2) is 5.26. The highest BCUT2D eigenvalue weighted by Crippen LogP contribution is 2.22. The summed E-state index contributed by atoms with van der Waals surface area (Å²) in [6.07, 6.45) is 5.06. The molecule has 0 saturated carbocycles. The number of nitrogens with zero attached hydrogens (tertiary/aromatic N) is 3. The lowest BCUT2D eigenvalue weighted by molar-refractivity contribution is -0.387. The summed E-state index contributed by atoms with van der Waals surface area (Å²) < 4.78 is 20.4. The zero-order valence-corrected chi connectivity index (χ0v) is 9.32. The third kappa shape index (κ3) is 2.82. The van der Waals surface area contributed by atoms with Crippen LogP contribution < -0.4 is 4.74 Å². The molecule has 0 radical (unpaired) electrons. The molecule has 0 bridgehead atoms. The van der Waals surface area contributed by atoms with Crippen LogP contribution in [0.3, 0.4) is 0 Å². The molecule has 0 atom stereocenters. The summed E-state index contributed by atoms with van der Waals surface area (Å²) in [5, 5.41) is 10.4. The van der Waals surface area contributed by atoms with Crippen molar-refractivity contribution in [3.63, 3.8) is 0 Å². The number of halogens is 1. The van der Waals surface area contributed by atoms with E-state index in [4.69, 9.17) is 4.74 Å². The van der Waals surface area contributed by atoms with Gasteiger partial charge in [0.2, 0.25) is 5.82 Å². The molecule has 1 heterocycles. The fourth-order valence-electron chi connectivity index (χ4n) is 1.41. The minimum absolute atomic E-state index is 0.262. The molecule has 2 aromatic rings. The molecule has 18 heavy (non-hydrogen) atoms. The van der Waals surface area contributed by atoms with Gasteiger partial charge in [-0.3, -0.25) is 10.1 Å². The van der Waals surface area contributed by atoms with Crippen molar-refractivity contribution in [2.24, 2.45) is 0 Å². The molecular weight excluding hydrogens is 241 g/mol. The molecule has 2 rings (SSSR count). The molecule has 0 unspecified atom stereocenters. The van der Waals surface area contributed by atoms with Gasteiger partial charge in [0.1, 0.15) is 12.4 Å².